The quantitative estimate of drug-likeness (QED) is 0.384. The molecule has 1 N–H and O–H groups in total. The first kappa shape index (κ1) is 31.0. The second kappa shape index (κ2) is 12.5. The number of nitrogens with zero attached hydrogens (tertiary/aromatic N) is 3. The van der Waals surface area contributed by atoms with Crippen molar-refractivity contribution in [1.29, 1.82) is 0 Å². The number of amides is 1. The number of carbonyl (C=O) groups is 2. The standard InChI is InChI=1S/C29H31F3N4O5S/c1-19(2)21-6-4-20(5-7-21)16-34-27(37)25-18-35(26-13-8-22(17-33-26)28(38)41-3)14-15-36(25)42(39,40)24-11-9-23(10-12-24)29(30,31)32/h4-13,17,19,25H,14-16,18H2,1-3H3,(H,34,37)/t25-/m1/s1. The number of rotatable bonds is 8. The normalized spacial score (nSPS) is 16.4. The number of piperazine rings is 1. The van der Waals surface area contributed by atoms with E-state index in [4.69, 9.17) is 0 Å². The van der Waals surface area contributed by atoms with Crippen molar-refractivity contribution in [3.05, 3.63) is 89.1 Å². The second-order valence-corrected chi connectivity index (χ2v) is 12.0. The molecule has 2 aromatic carbocycles. The van der Waals surface area contributed by atoms with Gasteiger partial charge < -0.3 is 15.0 Å². The highest BCUT2D eigenvalue weighted by Gasteiger charge is 2.41. The molecule has 13 heteroatoms. The molecule has 1 aliphatic heterocycles. The lowest BCUT2D eigenvalue weighted by Crippen LogP contribution is -2.60. The van der Waals surface area contributed by atoms with Gasteiger partial charge in [-0.25, -0.2) is 18.2 Å². The van der Waals surface area contributed by atoms with Crippen LogP contribution in [0.5, 0.6) is 0 Å². The molecule has 3 aromatic rings. The summed E-state index contributed by atoms with van der Waals surface area (Å²) in [6.45, 7) is 4.21. The van der Waals surface area contributed by atoms with E-state index in [1.807, 2.05) is 24.3 Å². The summed E-state index contributed by atoms with van der Waals surface area (Å²) in [6.07, 6.45) is -3.30. The molecule has 224 valence electrons. The number of hydrogen-bond acceptors (Lipinski definition) is 7. The summed E-state index contributed by atoms with van der Waals surface area (Å²) in [6, 6.07) is 12.7. The van der Waals surface area contributed by atoms with Crippen LogP contribution in [0.2, 0.25) is 0 Å². The first-order chi connectivity index (χ1) is 19.8. The molecule has 1 atom stereocenters. The molecule has 0 saturated carbocycles. The van der Waals surface area contributed by atoms with Crippen LogP contribution in [0.4, 0.5) is 19.0 Å². The predicted molar refractivity (Wildman–Crippen MR) is 149 cm³/mol. The summed E-state index contributed by atoms with van der Waals surface area (Å²) in [5.41, 5.74) is 1.19. The maximum atomic E-state index is 13.6. The van der Waals surface area contributed by atoms with E-state index >= 15 is 0 Å². The third kappa shape index (κ3) is 6.90. The summed E-state index contributed by atoms with van der Waals surface area (Å²) in [5.74, 6) is -0.396. The molecule has 2 heterocycles. The Morgan fingerprint density at radius 3 is 2.24 bits per heavy atom. The van der Waals surface area contributed by atoms with Gasteiger partial charge in [-0.1, -0.05) is 38.1 Å². The number of carbonyl (C=O) groups excluding carboxylic acids is 2. The Bertz CT molecular complexity index is 1510. The van der Waals surface area contributed by atoms with E-state index in [2.05, 4.69) is 28.9 Å². The Hall–Kier alpha value is -3.97. The van der Waals surface area contributed by atoms with Crippen LogP contribution >= 0.6 is 0 Å². The molecule has 0 unspecified atom stereocenters. The van der Waals surface area contributed by atoms with Crippen molar-refractivity contribution in [1.82, 2.24) is 14.6 Å². The summed E-state index contributed by atoms with van der Waals surface area (Å²) in [5, 5.41) is 2.80. The van der Waals surface area contributed by atoms with E-state index in [9.17, 15) is 31.2 Å². The van der Waals surface area contributed by atoms with E-state index in [0.29, 0.717) is 23.9 Å². The molecule has 1 aliphatic rings. The van der Waals surface area contributed by atoms with Gasteiger partial charge in [0.05, 0.1) is 23.1 Å². The Morgan fingerprint density at radius 2 is 1.69 bits per heavy atom. The van der Waals surface area contributed by atoms with E-state index in [-0.39, 0.29) is 36.6 Å². The number of anilines is 1. The minimum atomic E-state index is -4.62. The number of benzene rings is 2. The lowest BCUT2D eigenvalue weighted by atomic mass is 10.0. The van der Waals surface area contributed by atoms with Gasteiger partial charge in [-0.15, -0.1) is 0 Å². The molecule has 0 radical (unpaired) electrons. The van der Waals surface area contributed by atoms with Crippen molar-refractivity contribution in [3.8, 4) is 0 Å². The van der Waals surface area contributed by atoms with Crippen LogP contribution in [0.25, 0.3) is 0 Å². The molecule has 1 amide bonds. The average molecular weight is 605 g/mol. The smallest absolute Gasteiger partial charge is 0.416 e. The maximum absolute atomic E-state index is 13.6. The zero-order chi connectivity index (χ0) is 30.7. The average Bonchev–Trinajstić information content (AvgIpc) is 2.99. The number of alkyl halides is 3. The monoisotopic (exact) mass is 604 g/mol. The lowest BCUT2D eigenvalue weighted by molar-refractivity contribution is -0.137. The summed E-state index contributed by atoms with van der Waals surface area (Å²) < 4.78 is 72.1. The van der Waals surface area contributed by atoms with Crippen LogP contribution in [0, 0.1) is 0 Å². The van der Waals surface area contributed by atoms with Crippen molar-refractivity contribution in [2.45, 2.75) is 43.4 Å². The zero-order valence-corrected chi connectivity index (χ0v) is 24.1. The predicted octanol–water partition coefficient (Wildman–Crippen LogP) is 4.21. The molecule has 42 heavy (non-hydrogen) atoms. The van der Waals surface area contributed by atoms with Crippen LogP contribution in [-0.2, 0) is 32.3 Å². The first-order valence-electron chi connectivity index (χ1n) is 13.2. The Balaban J connectivity index is 1.59. The molecule has 4 rings (SSSR count). The van der Waals surface area contributed by atoms with Crippen LogP contribution in [0.1, 0.15) is 46.8 Å². The van der Waals surface area contributed by atoms with Gasteiger partial charge in [0.1, 0.15) is 11.9 Å². The van der Waals surface area contributed by atoms with Gasteiger partial charge >= 0.3 is 12.1 Å². The number of aromatic nitrogens is 1. The fourth-order valence-electron chi connectivity index (χ4n) is 4.57. The highest BCUT2D eigenvalue weighted by Crippen LogP contribution is 2.31. The van der Waals surface area contributed by atoms with Gasteiger partial charge in [-0.2, -0.15) is 17.5 Å². The largest absolute Gasteiger partial charge is 0.465 e. The lowest BCUT2D eigenvalue weighted by Gasteiger charge is -2.40. The van der Waals surface area contributed by atoms with Crippen LogP contribution in [0.3, 0.4) is 0 Å². The Labute approximate surface area is 242 Å². The third-order valence-electron chi connectivity index (χ3n) is 7.03. The highest BCUT2D eigenvalue weighted by molar-refractivity contribution is 7.89. The third-order valence-corrected chi connectivity index (χ3v) is 8.95. The maximum Gasteiger partial charge on any atom is 0.416 e. The zero-order valence-electron chi connectivity index (χ0n) is 23.3. The first-order valence-corrected chi connectivity index (χ1v) is 14.6. The second-order valence-electron chi connectivity index (χ2n) is 10.1. The molecule has 0 spiro atoms. The molecular formula is C29H31F3N4O5S. The van der Waals surface area contributed by atoms with Crippen LogP contribution in [-0.4, -0.2) is 62.4 Å². The van der Waals surface area contributed by atoms with Crippen LogP contribution < -0.4 is 10.2 Å². The van der Waals surface area contributed by atoms with Gasteiger partial charge in [0, 0.05) is 32.4 Å². The summed E-state index contributed by atoms with van der Waals surface area (Å²) in [7, 11) is -3.10. The van der Waals surface area contributed by atoms with Crippen molar-refractivity contribution in [2.75, 3.05) is 31.6 Å². The number of esters is 1. The van der Waals surface area contributed by atoms with Gasteiger partial charge in [0.15, 0.2) is 0 Å². The van der Waals surface area contributed by atoms with Crippen molar-refractivity contribution < 1.29 is 35.9 Å². The number of halogens is 3. The molecule has 0 bridgehead atoms. The highest BCUT2D eigenvalue weighted by atomic mass is 32.2. The van der Waals surface area contributed by atoms with E-state index in [1.54, 1.807) is 11.0 Å². The number of pyridine rings is 1. The minimum Gasteiger partial charge on any atom is -0.465 e. The number of ether oxygens (including phenoxy) is 1. The van der Waals surface area contributed by atoms with Gasteiger partial charge in [-0.05, 0) is 53.4 Å². The summed E-state index contributed by atoms with van der Waals surface area (Å²) in [4.78, 5) is 30.9. The van der Waals surface area contributed by atoms with E-state index < -0.39 is 39.7 Å². The minimum absolute atomic E-state index is 0.0808. The number of methoxy groups -OCH3 is 1. The number of sulfonamides is 1. The van der Waals surface area contributed by atoms with Crippen molar-refractivity contribution in [2.24, 2.45) is 0 Å². The molecule has 9 nitrogen and oxygen atoms in total. The van der Waals surface area contributed by atoms with Crippen molar-refractivity contribution in [3.63, 3.8) is 0 Å². The van der Waals surface area contributed by atoms with Gasteiger partial charge in [0.2, 0.25) is 15.9 Å². The molecular weight excluding hydrogens is 573 g/mol. The molecule has 0 aliphatic carbocycles. The Morgan fingerprint density at radius 1 is 1.02 bits per heavy atom. The summed E-state index contributed by atoms with van der Waals surface area (Å²) >= 11 is 0. The topological polar surface area (TPSA) is 109 Å². The van der Waals surface area contributed by atoms with Gasteiger partial charge in [-0.3, -0.25) is 4.79 Å². The molecule has 1 saturated heterocycles. The molecule has 1 aromatic heterocycles. The fourth-order valence-corrected chi connectivity index (χ4v) is 6.14. The van der Waals surface area contributed by atoms with E-state index in [1.165, 1.54) is 19.4 Å². The van der Waals surface area contributed by atoms with Crippen molar-refractivity contribution >= 4 is 27.7 Å². The van der Waals surface area contributed by atoms with E-state index in [0.717, 1.165) is 27.6 Å². The fraction of sp³-hybridized carbons (Fsp3) is 0.345. The SMILES string of the molecule is COC(=O)c1ccc(N2CCN(S(=O)(=O)c3ccc(C(F)(F)F)cc3)[C@@H](C(=O)NCc3ccc(C(C)C)cc3)C2)nc1. The Kier molecular flexibility index (Phi) is 9.21. The number of nitrogens with one attached hydrogen (secondary N) is 1. The van der Waals surface area contributed by atoms with Gasteiger partial charge in [0.25, 0.3) is 0 Å². The number of hydrogen-bond donors (Lipinski definition) is 1. The van der Waals surface area contributed by atoms with Crippen LogP contribution in [0.15, 0.2) is 71.8 Å². The molecule has 1 fully saturated rings.